The van der Waals surface area contributed by atoms with E-state index in [4.69, 9.17) is 4.74 Å². The molecule has 0 saturated heterocycles. The molecule has 1 atom stereocenters. The van der Waals surface area contributed by atoms with Gasteiger partial charge in [0.05, 0.1) is 0 Å². The van der Waals surface area contributed by atoms with E-state index in [2.05, 4.69) is 10.6 Å². The van der Waals surface area contributed by atoms with Gasteiger partial charge in [0.15, 0.2) is 0 Å². The van der Waals surface area contributed by atoms with E-state index in [-0.39, 0.29) is 19.0 Å². The van der Waals surface area contributed by atoms with Crippen LogP contribution in [0.3, 0.4) is 0 Å². The number of rotatable bonds is 6. The standard InChI is InChI=1S/C17H19FN2O3/c1-12-3-2-4-16(9-12)23-11-15(21)10-19-17(22)20-14-7-5-13(18)6-8-14/h2-9,15,21H,10-11H2,1H3,(H2,19,20,22). The zero-order valence-corrected chi connectivity index (χ0v) is 12.8. The molecule has 2 amide bonds. The predicted molar refractivity (Wildman–Crippen MR) is 86.1 cm³/mol. The first-order valence-electron chi connectivity index (χ1n) is 7.21. The van der Waals surface area contributed by atoms with Crippen molar-refractivity contribution in [1.29, 1.82) is 0 Å². The minimum atomic E-state index is -0.838. The van der Waals surface area contributed by atoms with Crippen molar-refractivity contribution < 1.29 is 19.0 Å². The largest absolute Gasteiger partial charge is 0.491 e. The van der Waals surface area contributed by atoms with E-state index in [1.807, 2.05) is 25.1 Å². The minimum absolute atomic E-state index is 0.0405. The number of ether oxygens (including phenoxy) is 1. The topological polar surface area (TPSA) is 70.6 Å². The van der Waals surface area contributed by atoms with Crippen LogP contribution in [0.15, 0.2) is 48.5 Å². The summed E-state index contributed by atoms with van der Waals surface area (Å²) in [6.45, 7) is 2.06. The van der Waals surface area contributed by atoms with Gasteiger partial charge in [-0.05, 0) is 48.9 Å². The van der Waals surface area contributed by atoms with Gasteiger partial charge >= 0.3 is 6.03 Å². The molecule has 0 radical (unpaired) electrons. The highest BCUT2D eigenvalue weighted by atomic mass is 19.1. The molecule has 0 aliphatic heterocycles. The number of carbonyl (C=O) groups is 1. The molecule has 0 bridgehead atoms. The molecule has 2 rings (SSSR count). The number of carbonyl (C=O) groups excluding carboxylic acids is 1. The van der Waals surface area contributed by atoms with Crippen molar-refractivity contribution in [2.75, 3.05) is 18.5 Å². The van der Waals surface area contributed by atoms with E-state index in [0.29, 0.717) is 11.4 Å². The summed E-state index contributed by atoms with van der Waals surface area (Å²) >= 11 is 0. The highest BCUT2D eigenvalue weighted by Crippen LogP contribution is 2.12. The Morgan fingerprint density at radius 2 is 2.00 bits per heavy atom. The van der Waals surface area contributed by atoms with E-state index >= 15 is 0 Å². The maximum absolute atomic E-state index is 12.8. The second-order valence-corrected chi connectivity index (χ2v) is 5.12. The van der Waals surface area contributed by atoms with Crippen LogP contribution >= 0.6 is 0 Å². The van der Waals surface area contributed by atoms with Crippen LogP contribution in [0, 0.1) is 12.7 Å². The highest BCUT2D eigenvalue weighted by molar-refractivity contribution is 5.89. The third-order valence-electron chi connectivity index (χ3n) is 3.03. The molecule has 3 N–H and O–H groups in total. The molecule has 2 aromatic carbocycles. The lowest BCUT2D eigenvalue weighted by Crippen LogP contribution is -2.37. The number of benzene rings is 2. The Hall–Kier alpha value is -2.60. The van der Waals surface area contributed by atoms with Gasteiger partial charge in [-0.25, -0.2) is 9.18 Å². The molecule has 0 saturated carbocycles. The van der Waals surface area contributed by atoms with Crippen LogP contribution in [0.1, 0.15) is 5.56 Å². The Morgan fingerprint density at radius 1 is 1.26 bits per heavy atom. The minimum Gasteiger partial charge on any atom is -0.491 e. The molecular formula is C17H19FN2O3. The number of hydrogen-bond acceptors (Lipinski definition) is 3. The summed E-state index contributed by atoms with van der Waals surface area (Å²) in [5, 5.41) is 14.9. The quantitative estimate of drug-likeness (QED) is 0.767. The van der Waals surface area contributed by atoms with Crippen molar-refractivity contribution in [3.8, 4) is 5.75 Å². The van der Waals surface area contributed by atoms with Crippen molar-refractivity contribution in [1.82, 2.24) is 5.32 Å². The van der Waals surface area contributed by atoms with E-state index in [0.717, 1.165) is 5.56 Å². The van der Waals surface area contributed by atoms with Gasteiger partial charge in [-0.1, -0.05) is 12.1 Å². The van der Waals surface area contributed by atoms with Gasteiger partial charge in [-0.15, -0.1) is 0 Å². The molecule has 2 aromatic rings. The van der Waals surface area contributed by atoms with Crippen molar-refractivity contribution >= 4 is 11.7 Å². The van der Waals surface area contributed by atoms with Crippen LogP contribution < -0.4 is 15.4 Å². The molecule has 1 unspecified atom stereocenters. The number of aliphatic hydroxyl groups is 1. The number of urea groups is 1. The van der Waals surface area contributed by atoms with Gasteiger partial charge in [0.25, 0.3) is 0 Å². The third-order valence-corrected chi connectivity index (χ3v) is 3.03. The molecule has 0 heterocycles. The van der Waals surface area contributed by atoms with Crippen molar-refractivity contribution in [3.05, 3.63) is 59.9 Å². The smallest absolute Gasteiger partial charge is 0.319 e. The lowest BCUT2D eigenvalue weighted by atomic mass is 10.2. The van der Waals surface area contributed by atoms with Crippen molar-refractivity contribution in [2.24, 2.45) is 0 Å². The molecule has 122 valence electrons. The Bertz CT molecular complexity index is 647. The molecule has 6 heteroatoms. The number of halogens is 1. The summed E-state index contributed by atoms with van der Waals surface area (Å²) in [5.74, 6) is 0.291. The number of nitrogens with one attached hydrogen (secondary N) is 2. The van der Waals surface area contributed by atoms with Crippen LogP contribution in [-0.2, 0) is 0 Å². The monoisotopic (exact) mass is 318 g/mol. The fraction of sp³-hybridized carbons (Fsp3) is 0.235. The second kappa shape index (κ2) is 8.14. The van der Waals surface area contributed by atoms with Gasteiger partial charge < -0.3 is 20.5 Å². The molecule has 23 heavy (non-hydrogen) atoms. The fourth-order valence-electron chi connectivity index (χ4n) is 1.88. The SMILES string of the molecule is Cc1cccc(OCC(O)CNC(=O)Nc2ccc(F)cc2)c1. The van der Waals surface area contributed by atoms with Gasteiger partial charge in [0.2, 0.25) is 0 Å². The van der Waals surface area contributed by atoms with E-state index in [1.54, 1.807) is 6.07 Å². The molecular weight excluding hydrogens is 299 g/mol. The first-order chi connectivity index (χ1) is 11.0. The van der Waals surface area contributed by atoms with Crippen LogP contribution in [0.4, 0.5) is 14.9 Å². The average Bonchev–Trinajstić information content (AvgIpc) is 2.53. The molecule has 5 nitrogen and oxygen atoms in total. The normalized spacial score (nSPS) is 11.6. The number of amides is 2. The Labute approximate surface area is 134 Å². The molecule has 0 aliphatic rings. The van der Waals surface area contributed by atoms with Crippen molar-refractivity contribution in [2.45, 2.75) is 13.0 Å². The van der Waals surface area contributed by atoms with Gasteiger partial charge in [-0.2, -0.15) is 0 Å². The number of anilines is 1. The average molecular weight is 318 g/mol. The number of aryl methyl sites for hydroxylation is 1. The highest BCUT2D eigenvalue weighted by Gasteiger charge is 2.08. The summed E-state index contributed by atoms with van der Waals surface area (Å²) in [6.07, 6.45) is -0.838. The van der Waals surface area contributed by atoms with Crippen LogP contribution in [0.25, 0.3) is 0 Å². The molecule has 0 aliphatic carbocycles. The maximum atomic E-state index is 12.8. The first kappa shape index (κ1) is 16.8. The summed E-state index contributed by atoms with van der Waals surface area (Å²) in [7, 11) is 0. The Morgan fingerprint density at radius 3 is 2.70 bits per heavy atom. The summed E-state index contributed by atoms with van der Waals surface area (Å²) in [4.78, 5) is 11.7. The van der Waals surface area contributed by atoms with Gasteiger partial charge in [0.1, 0.15) is 24.3 Å². The fourth-order valence-corrected chi connectivity index (χ4v) is 1.88. The van der Waals surface area contributed by atoms with Gasteiger partial charge in [-0.3, -0.25) is 0 Å². The summed E-state index contributed by atoms with van der Waals surface area (Å²) < 4.78 is 18.2. The zero-order valence-electron chi connectivity index (χ0n) is 12.8. The Kier molecular flexibility index (Phi) is 5.94. The van der Waals surface area contributed by atoms with E-state index in [1.165, 1.54) is 24.3 Å². The van der Waals surface area contributed by atoms with Crippen LogP contribution in [0.5, 0.6) is 5.75 Å². The second-order valence-electron chi connectivity index (χ2n) is 5.12. The van der Waals surface area contributed by atoms with Crippen LogP contribution in [0.2, 0.25) is 0 Å². The van der Waals surface area contributed by atoms with Crippen LogP contribution in [-0.4, -0.2) is 30.4 Å². The third kappa shape index (κ3) is 5.96. The summed E-state index contributed by atoms with van der Waals surface area (Å²) in [6, 6.07) is 12.4. The maximum Gasteiger partial charge on any atom is 0.319 e. The summed E-state index contributed by atoms with van der Waals surface area (Å²) in [5.41, 5.74) is 1.53. The van der Waals surface area contributed by atoms with Crippen molar-refractivity contribution in [3.63, 3.8) is 0 Å². The lowest BCUT2D eigenvalue weighted by Gasteiger charge is -2.14. The number of hydrogen-bond donors (Lipinski definition) is 3. The molecule has 0 spiro atoms. The predicted octanol–water partition coefficient (Wildman–Crippen LogP) is 2.70. The van der Waals surface area contributed by atoms with E-state index < -0.39 is 12.1 Å². The first-order valence-corrected chi connectivity index (χ1v) is 7.21. The van der Waals surface area contributed by atoms with Gasteiger partial charge in [0, 0.05) is 12.2 Å². The zero-order chi connectivity index (χ0) is 16.7. The Balaban J connectivity index is 1.70. The lowest BCUT2D eigenvalue weighted by molar-refractivity contribution is 0.108. The molecule has 0 fully saturated rings. The number of aliphatic hydroxyl groups excluding tert-OH is 1. The molecule has 0 aromatic heterocycles. The van der Waals surface area contributed by atoms with E-state index in [9.17, 15) is 14.3 Å².